The summed E-state index contributed by atoms with van der Waals surface area (Å²) in [4.78, 5) is 15.0. The maximum absolute atomic E-state index is 13.1. The van der Waals surface area contributed by atoms with E-state index in [1.807, 2.05) is 41.3 Å². The number of nitrogens with zero attached hydrogens (tertiary/aromatic N) is 1. The molecule has 1 aromatic heterocycles. The van der Waals surface area contributed by atoms with Crippen molar-refractivity contribution in [3.8, 4) is 11.5 Å². The van der Waals surface area contributed by atoms with Crippen LogP contribution in [0.25, 0.3) is 0 Å². The Labute approximate surface area is 170 Å². The molecule has 0 radical (unpaired) electrons. The van der Waals surface area contributed by atoms with E-state index in [1.54, 1.807) is 19.2 Å². The van der Waals surface area contributed by atoms with E-state index in [9.17, 15) is 4.79 Å². The molecular formula is C24H25NO4. The SMILES string of the molecule is COc1ccccc1OCc1ccc(C(=O)N2CCCC2c2ccccc2C)o1. The van der Waals surface area contributed by atoms with E-state index in [-0.39, 0.29) is 18.6 Å². The number of rotatable bonds is 6. The molecule has 29 heavy (non-hydrogen) atoms. The second kappa shape index (κ2) is 8.43. The molecule has 0 bridgehead atoms. The van der Waals surface area contributed by atoms with Gasteiger partial charge in [-0.1, -0.05) is 36.4 Å². The summed E-state index contributed by atoms with van der Waals surface area (Å²) in [6.07, 6.45) is 1.97. The van der Waals surface area contributed by atoms with Crippen LogP contribution in [0.2, 0.25) is 0 Å². The molecule has 1 aliphatic heterocycles. The number of carbonyl (C=O) groups is 1. The van der Waals surface area contributed by atoms with Gasteiger partial charge in [0.2, 0.25) is 0 Å². The molecule has 2 aromatic carbocycles. The molecule has 1 saturated heterocycles. The quantitative estimate of drug-likeness (QED) is 0.583. The highest BCUT2D eigenvalue weighted by Gasteiger charge is 2.32. The molecule has 1 aliphatic rings. The number of benzene rings is 2. The Balaban J connectivity index is 1.46. The van der Waals surface area contributed by atoms with Crippen molar-refractivity contribution in [1.82, 2.24) is 4.90 Å². The number of para-hydroxylation sites is 2. The highest BCUT2D eigenvalue weighted by atomic mass is 16.5. The van der Waals surface area contributed by atoms with Crippen molar-refractivity contribution in [3.63, 3.8) is 0 Å². The van der Waals surface area contributed by atoms with Crippen LogP contribution in [0.4, 0.5) is 0 Å². The fourth-order valence-electron chi connectivity index (χ4n) is 3.89. The number of furan rings is 1. The number of likely N-dealkylation sites (tertiary alicyclic amines) is 1. The van der Waals surface area contributed by atoms with Crippen LogP contribution in [0.1, 0.15) is 46.3 Å². The van der Waals surface area contributed by atoms with Crippen LogP contribution in [-0.2, 0) is 6.61 Å². The monoisotopic (exact) mass is 391 g/mol. The normalized spacial score (nSPS) is 16.1. The van der Waals surface area contributed by atoms with Gasteiger partial charge in [0.15, 0.2) is 17.3 Å². The van der Waals surface area contributed by atoms with Crippen LogP contribution in [0.5, 0.6) is 11.5 Å². The van der Waals surface area contributed by atoms with Crippen molar-refractivity contribution in [3.05, 3.63) is 83.3 Å². The summed E-state index contributed by atoms with van der Waals surface area (Å²) in [6, 6.07) is 19.3. The maximum atomic E-state index is 13.1. The Morgan fingerprint density at radius 2 is 1.83 bits per heavy atom. The van der Waals surface area contributed by atoms with Crippen LogP contribution in [0.3, 0.4) is 0 Å². The van der Waals surface area contributed by atoms with Gasteiger partial charge in [0.1, 0.15) is 12.4 Å². The van der Waals surface area contributed by atoms with E-state index in [2.05, 4.69) is 19.1 Å². The molecule has 150 valence electrons. The van der Waals surface area contributed by atoms with E-state index in [0.29, 0.717) is 23.0 Å². The lowest BCUT2D eigenvalue weighted by Gasteiger charge is -2.25. The maximum Gasteiger partial charge on any atom is 0.290 e. The lowest BCUT2D eigenvalue weighted by Crippen LogP contribution is -2.30. The molecule has 5 nitrogen and oxygen atoms in total. The summed E-state index contributed by atoms with van der Waals surface area (Å²) in [5.74, 6) is 2.18. The minimum atomic E-state index is -0.0701. The van der Waals surface area contributed by atoms with Gasteiger partial charge in [-0.15, -0.1) is 0 Å². The fraction of sp³-hybridized carbons (Fsp3) is 0.292. The molecule has 0 aliphatic carbocycles. The first-order valence-electron chi connectivity index (χ1n) is 9.88. The first-order chi connectivity index (χ1) is 14.2. The Hall–Kier alpha value is -3.21. The van der Waals surface area contributed by atoms with Crippen LogP contribution in [0, 0.1) is 6.92 Å². The second-order valence-corrected chi connectivity index (χ2v) is 7.22. The molecule has 0 spiro atoms. The average molecular weight is 391 g/mol. The number of hydrogen-bond donors (Lipinski definition) is 0. The van der Waals surface area contributed by atoms with Crippen LogP contribution in [-0.4, -0.2) is 24.5 Å². The molecule has 2 heterocycles. The highest BCUT2D eigenvalue weighted by Crippen LogP contribution is 2.35. The van der Waals surface area contributed by atoms with Crippen molar-refractivity contribution >= 4 is 5.91 Å². The van der Waals surface area contributed by atoms with Gasteiger partial charge >= 0.3 is 0 Å². The van der Waals surface area contributed by atoms with Gasteiger partial charge in [-0.3, -0.25) is 4.79 Å². The molecule has 0 N–H and O–H groups in total. The predicted molar refractivity (Wildman–Crippen MR) is 110 cm³/mol. The highest BCUT2D eigenvalue weighted by molar-refractivity contribution is 5.92. The van der Waals surface area contributed by atoms with Crippen molar-refractivity contribution in [2.75, 3.05) is 13.7 Å². The molecule has 5 heteroatoms. The molecule has 1 amide bonds. The number of amides is 1. The number of methoxy groups -OCH3 is 1. The van der Waals surface area contributed by atoms with E-state index in [0.717, 1.165) is 19.4 Å². The van der Waals surface area contributed by atoms with Crippen molar-refractivity contribution < 1.29 is 18.7 Å². The largest absolute Gasteiger partial charge is 0.493 e. The summed E-state index contributed by atoms with van der Waals surface area (Å²) in [5, 5.41) is 0. The van der Waals surface area contributed by atoms with Crippen molar-refractivity contribution in [2.45, 2.75) is 32.4 Å². The topological polar surface area (TPSA) is 51.9 Å². The minimum Gasteiger partial charge on any atom is -0.493 e. The first-order valence-corrected chi connectivity index (χ1v) is 9.88. The molecule has 4 rings (SSSR count). The molecular weight excluding hydrogens is 366 g/mol. The zero-order valence-electron chi connectivity index (χ0n) is 16.8. The second-order valence-electron chi connectivity index (χ2n) is 7.22. The zero-order valence-corrected chi connectivity index (χ0v) is 16.8. The third kappa shape index (κ3) is 3.99. The van der Waals surface area contributed by atoms with Gasteiger partial charge in [-0.05, 0) is 55.2 Å². The molecule has 1 unspecified atom stereocenters. The smallest absolute Gasteiger partial charge is 0.290 e. The first kappa shape index (κ1) is 19.1. The lowest BCUT2D eigenvalue weighted by atomic mass is 9.99. The van der Waals surface area contributed by atoms with E-state index >= 15 is 0 Å². The van der Waals surface area contributed by atoms with Crippen molar-refractivity contribution in [2.24, 2.45) is 0 Å². The molecule has 3 aromatic rings. The molecule has 1 fully saturated rings. The van der Waals surface area contributed by atoms with Gasteiger partial charge in [0, 0.05) is 6.54 Å². The van der Waals surface area contributed by atoms with E-state index < -0.39 is 0 Å². The Morgan fingerprint density at radius 3 is 2.62 bits per heavy atom. The Morgan fingerprint density at radius 1 is 1.07 bits per heavy atom. The third-order valence-electron chi connectivity index (χ3n) is 5.37. The van der Waals surface area contributed by atoms with E-state index in [1.165, 1.54) is 11.1 Å². The van der Waals surface area contributed by atoms with Gasteiger partial charge in [0.05, 0.1) is 13.2 Å². The summed E-state index contributed by atoms with van der Waals surface area (Å²) in [7, 11) is 1.60. The zero-order chi connectivity index (χ0) is 20.2. The average Bonchev–Trinajstić information content (AvgIpc) is 3.42. The van der Waals surface area contributed by atoms with Gasteiger partial charge in [0.25, 0.3) is 5.91 Å². The van der Waals surface area contributed by atoms with Crippen LogP contribution >= 0.6 is 0 Å². The minimum absolute atomic E-state index is 0.0701. The Kier molecular flexibility index (Phi) is 5.56. The van der Waals surface area contributed by atoms with Gasteiger partial charge < -0.3 is 18.8 Å². The third-order valence-corrected chi connectivity index (χ3v) is 5.37. The summed E-state index contributed by atoms with van der Waals surface area (Å²) < 4.78 is 16.9. The predicted octanol–water partition coefficient (Wildman–Crippen LogP) is 5.15. The van der Waals surface area contributed by atoms with Crippen LogP contribution < -0.4 is 9.47 Å². The number of carbonyl (C=O) groups excluding carboxylic acids is 1. The Bertz CT molecular complexity index is 994. The van der Waals surface area contributed by atoms with Gasteiger partial charge in [-0.2, -0.15) is 0 Å². The fourth-order valence-corrected chi connectivity index (χ4v) is 3.89. The lowest BCUT2D eigenvalue weighted by molar-refractivity contribution is 0.0698. The standard InChI is InChI=1S/C24H25NO4/c1-17-8-3-4-9-19(17)20-10-7-15-25(20)24(26)23-14-13-18(29-23)16-28-22-12-6-5-11-21(22)27-2/h3-6,8-9,11-14,20H,7,10,15-16H2,1-2H3. The van der Waals surface area contributed by atoms with Crippen molar-refractivity contribution in [1.29, 1.82) is 0 Å². The summed E-state index contributed by atoms with van der Waals surface area (Å²) >= 11 is 0. The number of hydrogen-bond acceptors (Lipinski definition) is 4. The summed E-state index contributed by atoms with van der Waals surface area (Å²) in [5.41, 5.74) is 2.42. The van der Waals surface area contributed by atoms with Gasteiger partial charge in [-0.25, -0.2) is 0 Å². The number of aryl methyl sites for hydroxylation is 1. The molecule has 0 saturated carbocycles. The van der Waals surface area contributed by atoms with Crippen LogP contribution in [0.15, 0.2) is 65.1 Å². The molecule has 1 atom stereocenters. The summed E-state index contributed by atoms with van der Waals surface area (Å²) in [6.45, 7) is 3.07. The number of ether oxygens (including phenoxy) is 2. The van der Waals surface area contributed by atoms with E-state index in [4.69, 9.17) is 13.9 Å².